The number of halogens is 1. The number of benzene rings is 2. The van der Waals surface area contributed by atoms with Crippen LogP contribution >= 0.6 is 35.7 Å². The average molecular weight is 484 g/mol. The Labute approximate surface area is 176 Å². The summed E-state index contributed by atoms with van der Waals surface area (Å²) < 4.78 is 5.14. The van der Waals surface area contributed by atoms with Gasteiger partial charge in [-0.15, -0.1) is 24.0 Å². The molecule has 7 heteroatoms. The van der Waals surface area contributed by atoms with Gasteiger partial charge in [0.25, 0.3) is 0 Å². The monoisotopic (exact) mass is 484 g/mol. The van der Waals surface area contributed by atoms with Crippen molar-refractivity contribution in [3.63, 3.8) is 0 Å². The van der Waals surface area contributed by atoms with Gasteiger partial charge in [-0.25, -0.2) is 4.99 Å². The highest BCUT2D eigenvalue weighted by Crippen LogP contribution is 2.20. The van der Waals surface area contributed by atoms with Crippen molar-refractivity contribution in [1.82, 2.24) is 0 Å². The van der Waals surface area contributed by atoms with Crippen LogP contribution in [0, 0.1) is 0 Å². The largest absolute Gasteiger partial charge is 0.497 e. The first-order chi connectivity index (χ1) is 12.2. The normalized spacial score (nSPS) is 14.5. The molecule has 2 aromatic rings. The van der Waals surface area contributed by atoms with Crippen LogP contribution < -0.4 is 20.7 Å². The fourth-order valence-corrected chi connectivity index (χ4v) is 3.58. The van der Waals surface area contributed by atoms with Gasteiger partial charge in [0.1, 0.15) is 5.75 Å². The summed E-state index contributed by atoms with van der Waals surface area (Å²) in [5, 5.41) is 3.09. The molecule has 3 rings (SSSR count). The SMILES string of the molecule is COc1ccc(NC(N)=NCc2ccc(N3CCSCC3)cc2)cc1.I. The summed E-state index contributed by atoms with van der Waals surface area (Å²) in [5.41, 5.74) is 9.29. The number of hydrogen-bond donors (Lipinski definition) is 2. The highest BCUT2D eigenvalue weighted by molar-refractivity contribution is 14.0. The Bertz CT molecular complexity index is 700. The molecule has 0 spiro atoms. The van der Waals surface area contributed by atoms with Crippen molar-refractivity contribution in [2.75, 3.05) is 41.9 Å². The molecule has 0 aromatic heterocycles. The molecule has 1 aliphatic heterocycles. The molecule has 0 aliphatic carbocycles. The number of thioether (sulfide) groups is 1. The van der Waals surface area contributed by atoms with Crippen LogP contribution in [0.15, 0.2) is 53.5 Å². The van der Waals surface area contributed by atoms with Crippen LogP contribution in [0.3, 0.4) is 0 Å². The third-order valence-corrected chi connectivity index (χ3v) is 5.05. The fraction of sp³-hybridized carbons (Fsp3) is 0.316. The first-order valence-electron chi connectivity index (χ1n) is 8.37. The Kier molecular flexibility index (Phi) is 8.37. The van der Waals surface area contributed by atoms with E-state index in [0.29, 0.717) is 12.5 Å². The molecular formula is C19H25IN4OS. The van der Waals surface area contributed by atoms with Gasteiger partial charge in [-0.2, -0.15) is 11.8 Å². The maximum Gasteiger partial charge on any atom is 0.193 e. The molecule has 26 heavy (non-hydrogen) atoms. The predicted octanol–water partition coefficient (Wildman–Crippen LogP) is 3.79. The minimum atomic E-state index is 0. The van der Waals surface area contributed by atoms with Gasteiger partial charge in [0.15, 0.2) is 5.96 Å². The molecule has 0 amide bonds. The van der Waals surface area contributed by atoms with E-state index >= 15 is 0 Å². The molecule has 0 saturated carbocycles. The molecule has 140 valence electrons. The van der Waals surface area contributed by atoms with E-state index in [1.54, 1.807) is 7.11 Å². The van der Waals surface area contributed by atoms with Crippen LogP contribution in [0.1, 0.15) is 5.56 Å². The van der Waals surface area contributed by atoms with Gasteiger partial charge in [-0.1, -0.05) is 12.1 Å². The summed E-state index contributed by atoms with van der Waals surface area (Å²) in [5.74, 6) is 3.63. The Morgan fingerprint density at radius 1 is 1.12 bits per heavy atom. The summed E-state index contributed by atoms with van der Waals surface area (Å²) in [4.78, 5) is 6.84. The number of nitrogens with one attached hydrogen (secondary N) is 1. The quantitative estimate of drug-likeness (QED) is 0.384. The standard InChI is InChI=1S/C19H24N4OS.HI/c1-24-18-8-4-16(5-9-18)22-19(20)21-14-15-2-6-17(7-3-15)23-10-12-25-13-11-23;/h2-9H,10-14H2,1H3,(H3,20,21,22);1H. The first kappa shape index (κ1) is 20.7. The minimum absolute atomic E-state index is 0. The highest BCUT2D eigenvalue weighted by Gasteiger charge is 2.10. The lowest BCUT2D eigenvalue weighted by molar-refractivity contribution is 0.415. The lowest BCUT2D eigenvalue weighted by Gasteiger charge is -2.28. The number of methoxy groups -OCH3 is 1. The zero-order valence-corrected chi connectivity index (χ0v) is 18.0. The van der Waals surface area contributed by atoms with Crippen LogP contribution in [-0.4, -0.2) is 37.7 Å². The molecule has 0 unspecified atom stereocenters. The molecule has 5 nitrogen and oxygen atoms in total. The van der Waals surface area contributed by atoms with Crippen LogP contribution in [-0.2, 0) is 6.54 Å². The van der Waals surface area contributed by atoms with Crippen LogP contribution in [0.2, 0.25) is 0 Å². The maximum absolute atomic E-state index is 5.97. The summed E-state index contributed by atoms with van der Waals surface area (Å²) in [6, 6.07) is 16.2. The second-order valence-electron chi connectivity index (χ2n) is 5.82. The zero-order chi connectivity index (χ0) is 17.5. The second kappa shape index (κ2) is 10.5. The van der Waals surface area contributed by atoms with Crippen molar-refractivity contribution < 1.29 is 4.74 Å². The van der Waals surface area contributed by atoms with Crippen LogP contribution in [0.4, 0.5) is 11.4 Å². The number of aliphatic imine (C=N–C) groups is 1. The van der Waals surface area contributed by atoms with E-state index in [1.807, 2.05) is 36.0 Å². The van der Waals surface area contributed by atoms with Crippen LogP contribution in [0.25, 0.3) is 0 Å². The number of rotatable bonds is 5. The molecule has 1 heterocycles. The fourth-order valence-electron chi connectivity index (χ4n) is 2.67. The van der Waals surface area contributed by atoms with E-state index in [-0.39, 0.29) is 24.0 Å². The highest BCUT2D eigenvalue weighted by atomic mass is 127. The third kappa shape index (κ3) is 5.98. The molecule has 0 radical (unpaired) electrons. The van der Waals surface area contributed by atoms with Gasteiger partial charge in [0.05, 0.1) is 13.7 Å². The lowest BCUT2D eigenvalue weighted by atomic mass is 10.2. The van der Waals surface area contributed by atoms with Crippen molar-refractivity contribution in [1.29, 1.82) is 0 Å². The van der Waals surface area contributed by atoms with Crippen molar-refractivity contribution in [3.05, 3.63) is 54.1 Å². The number of hydrogen-bond acceptors (Lipinski definition) is 4. The molecule has 1 saturated heterocycles. The van der Waals surface area contributed by atoms with E-state index in [1.165, 1.54) is 17.2 Å². The summed E-state index contributed by atoms with van der Waals surface area (Å²) in [7, 11) is 1.65. The van der Waals surface area contributed by atoms with E-state index in [0.717, 1.165) is 30.1 Å². The number of nitrogens with two attached hydrogens (primary N) is 1. The predicted molar refractivity (Wildman–Crippen MR) is 123 cm³/mol. The third-order valence-electron chi connectivity index (χ3n) is 4.11. The molecule has 0 bridgehead atoms. The number of nitrogens with zero attached hydrogens (tertiary/aromatic N) is 2. The molecule has 3 N–H and O–H groups in total. The molecule has 1 aliphatic rings. The zero-order valence-electron chi connectivity index (χ0n) is 14.9. The van der Waals surface area contributed by atoms with E-state index in [9.17, 15) is 0 Å². The van der Waals surface area contributed by atoms with Gasteiger partial charge in [0.2, 0.25) is 0 Å². The number of ether oxygens (including phenoxy) is 1. The number of anilines is 2. The summed E-state index contributed by atoms with van der Waals surface area (Å²) >= 11 is 2.02. The van der Waals surface area contributed by atoms with Crippen molar-refractivity contribution in [3.8, 4) is 5.75 Å². The van der Waals surface area contributed by atoms with Gasteiger partial charge in [0, 0.05) is 36.0 Å². The number of guanidine groups is 1. The topological polar surface area (TPSA) is 62.9 Å². The van der Waals surface area contributed by atoms with E-state index < -0.39 is 0 Å². The Morgan fingerprint density at radius 3 is 2.38 bits per heavy atom. The Morgan fingerprint density at radius 2 is 1.77 bits per heavy atom. The van der Waals surface area contributed by atoms with Gasteiger partial charge in [-0.05, 0) is 42.0 Å². The van der Waals surface area contributed by atoms with Crippen LogP contribution in [0.5, 0.6) is 5.75 Å². The Hall–Kier alpha value is -1.61. The molecular weight excluding hydrogens is 459 g/mol. The first-order valence-corrected chi connectivity index (χ1v) is 9.53. The minimum Gasteiger partial charge on any atom is -0.497 e. The van der Waals surface area contributed by atoms with Gasteiger partial charge >= 0.3 is 0 Å². The Balaban J connectivity index is 0.00000243. The van der Waals surface area contributed by atoms with Crippen molar-refractivity contribution >= 4 is 53.1 Å². The van der Waals surface area contributed by atoms with Crippen molar-refractivity contribution in [2.24, 2.45) is 10.7 Å². The average Bonchev–Trinajstić information content (AvgIpc) is 2.68. The smallest absolute Gasteiger partial charge is 0.193 e. The molecule has 1 fully saturated rings. The summed E-state index contributed by atoms with van der Waals surface area (Å²) in [6.45, 7) is 2.81. The van der Waals surface area contributed by atoms with Gasteiger partial charge < -0.3 is 20.7 Å². The second-order valence-corrected chi connectivity index (χ2v) is 7.05. The van der Waals surface area contributed by atoms with E-state index in [4.69, 9.17) is 10.5 Å². The maximum atomic E-state index is 5.97. The summed E-state index contributed by atoms with van der Waals surface area (Å²) in [6.07, 6.45) is 0. The van der Waals surface area contributed by atoms with Gasteiger partial charge in [-0.3, -0.25) is 0 Å². The van der Waals surface area contributed by atoms with E-state index in [2.05, 4.69) is 39.5 Å². The van der Waals surface area contributed by atoms with Crippen molar-refractivity contribution in [2.45, 2.75) is 6.54 Å². The molecule has 0 atom stereocenters. The lowest BCUT2D eigenvalue weighted by Crippen LogP contribution is -2.32. The molecule has 2 aromatic carbocycles.